The molecule has 1 aromatic heterocycles. The van der Waals surface area contributed by atoms with E-state index in [0.29, 0.717) is 11.5 Å². The normalized spacial score (nSPS) is 12.9. The fourth-order valence-corrected chi connectivity index (χ4v) is 0.909. The van der Waals surface area contributed by atoms with Crippen LogP contribution in [0.4, 0.5) is 4.39 Å². The van der Waals surface area contributed by atoms with Gasteiger partial charge in [-0.3, -0.25) is 9.18 Å². The summed E-state index contributed by atoms with van der Waals surface area (Å²) in [6.45, 7) is 2.88. The Hall–Kier alpha value is -1.19. The number of aromatic nitrogens is 2. The first-order valence-electron chi connectivity index (χ1n) is 3.77. The van der Waals surface area contributed by atoms with E-state index in [9.17, 15) is 9.18 Å². The standard InChI is InChI=1S/C8H11FN2O/c1-5(4-9)8-10-6(2)3-7(12)11-8/h3,5H,4H2,1-2H3,(H,10,11,12). The van der Waals surface area contributed by atoms with Crippen LogP contribution in [0.3, 0.4) is 0 Å². The number of halogens is 1. The first-order chi connectivity index (χ1) is 5.63. The van der Waals surface area contributed by atoms with Gasteiger partial charge >= 0.3 is 0 Å². The van der Waals surface area contributed by atoms with Crippen LogP contribution in [-0.4, -0.2) is 16.6 Å². The lowest BCUT2D eigenvalue weighted by Gasteiger charge is -2.05. The quantitative estimate of drug-likeness (QED) is 0.723. The second-order valence-corrected chi connectivity index (χ2v) is 2.83. The van der Waals surface area contributed by atoms with Crippen LogP contribution < -0.4 is 5.56 Å². The number of nitrogens with one attached hydrogen (secondary N) is 1. The zero-order chi connectivity index (χ0) is 9.14. The summed E-state index contributed by atoms with van der Waals surface area (Å²) < 4.78 is 12.2. The number of hydrogen-bond acceptors (Lipinski definition) is 2. The Kier molecular flexibility index (Phi) is 2.58. The highest BCUT2D eigenvalue weighted by Crippen LogP contribution is 2.08. The molecule has 1 aromatic rings. The lowest BCUT2D eigenvalue weighted by Crippen LogP contribution is -2.14. The van der Waals surface area contributed by atoms with Gasteiger partial charge in [0.05, 0.1) is 6.67 Å². The van der Waals surface area contributed by atoms with Crippen molar-refractivity contribution in [2.45, 2.75) is 19.8 Å². The van der Waals surface area contributed by atoms with Crippen LogP contribution >= 0.6 is 0 Å². The first-order valence-corrected chi connectivity index (χ1v) is 3.77. The summed E-state index contributed by atoms with van der Waals surface area (Å²) >= 11 is 0. The van der Waals surface area contributed by atoms with Gasteiger partial charge in [-0.15, -0.1) is 0 Å². The van der Waals surface area contributed by atoms with Gasteiger partial charge in [0.15, 0.2) is 0 Å². The van der Waals surface area contributed by atoms with Gasteiger partial charge in [0, 0.05) is 17.7 Å². The van der Waals surface area contributed by atoms with Gasteiger partial charge < -0.3 is 4.98 Å². The molecule has 4 heteroatoms. The predicted molar refractivity (Wildman–Crippen MR) is 44.0 cm³/mol. The molecule has 0 fully saturated rings. The third-order valence-corrected chi connectivity index (χ3v) is 1.59. The number of aryl methyl sites for hydroxylation is 1. The topological polar surface area (TPSA) is 45.8 Å². The monoisotopic (exact) mass is 170 g/mol. The van der Waals surface area contributed by atoms with Crippen molar-refractivity contribution in [3.8, 4) is 0 Å². The second kappa shape index (κ2) is 3.47. The molecule has 1 atom stereocenters. The molecule has 0 bridgehead atoms. The second-order valence-electron chi connectivity index (χ2n) is 2.83. The maximum Gasteiger partial charge on any atom is 0.251 e. The van der Waals surface area contributed by atoms with Crippen molar-refractivity contribution >= 4 is 0 Å². The fourth-order valence-electron chi connectivity index (χ4n) is 0.909. The molecule has 0 saturated heterocycles. The summed E-state index contributed by atoms with van der Waals surface area (Å²) in [5.41, 5.74) is 0.395. The number of hydrogen-bond donors (Lipinski definition) is 1. The minimum Gasteiger partial charge on any atom is -0.310 e. The number of rotatable bonds is 2. The molecule has 0 amide bonds. The molecule has 0 aliphatic heterocycles. The van der Waals surface area contributed by atoms with Crippen LogP contribution in [0.25, 0.3) is 0 Å². The summed E-state index contributed by atoms with van der Waals surface area (Å²) in [5.74, 6) is 0.0834. The van der Waals surface area contributed by atoms with Crippen molar-refractivity contribution in [3.05, 3.63) is 27.9 Å². The predicted octanol–water partition coefficient (Wildman–Crippen LogP) is 1.15. The van der Waals surface area contributed by atoms with Gasteiger partial charge in [0.1, 0.15) is 5.82 Å². The molecule has 0 spiro atoms. The van der Waals surface area contributed by atoms with Gasteiger partial charge in [0.25, 0.3) is 5.56 Å². The Balaban J connectivity index is 3.08. The van der Waals surface area contributed by atoms with E-state index in [0.717, 1.165) is 0 Å². The van der Waals surface area contributed by atoms with E-state index in [1.54, 1.807) is 13.8 Å². The van der Waals surface area contributed by atoms with Crippen molar-refractivity contribution in [1.29, 1.82) is 0 Å². The van der Waals surface area contributed by atoms with Gasteiger partial charge in [-0.25, -0.2) is 4.98 Å². The lowest BCUT2D eigenvalue weighted by molar-refractivity contribution is 0.435. The molecule has 3 nitrogen and oxygen atoms in total. The van der Waals surface area contributed by atoms with Crippen LogP contribution in [0.15, 0.2) is 10.9 Å². The van der Waals surface area contributed by atoms with Crippen LogP contribution in [0.5, 0.6) is 0 Å². The van der Waals surface area contributed by atoms with Gasteiger partial charge in [-0.05, 0) is 6.92 Å². The fraction of sp³-hybridized carbons (Fsp3) is 0.500. The molecule has 0 aliphatic carbocycles. The highest BCUT2D eigenvalue weighted by molar-refractivity contribution is 5.03. The molecule has 0 aliphatic rings. The molecule has 12 heavy (non-hydrogen) atoms. The van der Waals surface area contributed by atoms with Gasteiger partial charge in [-0.1, -0.05) is 6.92 Å². The van der Waals surface area contributed by atoms with Gasteiger partial charge in [0.2, 0.25) is 0 Å². The largest absolute Gasteiger partial charge is 0.310 e. The van der Waals surface area contributed by atoms with E-state index in [2.05, 4.69) is 9.97 Å². The van der Waals surface area contributed by atoms with Crippen LogP contribution in [-0.2, 0) is 0 Å². The average Bonchev–Trinajstić information content (AvgIpc) is 2.01. The summed E-state index contributed by atoms with van der Waals surface area (Å²) in [7, 11) is 0. The maximum atomic E-state index is 12.2. The first kappa shape index (κ1) is 8.90. The molecule has 0 aromatic carbocycles. The molecule has 1 rings (SSSR count). The van der Waals surface area contributed by atoms with E-state index in [1.165, 1.54) is 6.07 Å². The summed E-state index contributed by atoms with van der Waals surface area (Å²) in [6, 6.07) is 1.38. The van der Waals surface area contributed by atoms with Crippen LogP contribution in [0.2, 0.25) is 0 Å². The van der Waals surface area contributed by atoms with E-state index in [-0.39, 0.29) is 11.5 Å². The van der Waals surface area contributed by atoms with E-state index >= 15 is 0 Å². The third-order valence-electron chi connectivity index (χ3n) is 1.59. The number of alkyl halides is 1. The molecular weight excluding hydrogens is 159 g/mol. The van der Waals surface area contributed by atoms with Crippen LogP contribution in [0.1, 0.15) is 24.4 Å². The number of nitrogens with zero attached hydrogens (tertiary/aromatic N) is 1. The SMILES string of the molecule is Cc1cc(=O)[nH]c(C(C)CF)n1. The Bertz CT molecular complexity index is 321. The smallest absolute Gasteiger partial charge is 0.251 e. The molecule has 1 heterocycles. The summed E-state index contributed by atoms with van der Waals surface area (Å²) in [6.07, 6.45) is 0. The zero-order valence-electron chi connectivity index (χ0n) is 7.10. The van der Waals surface area contributed by atoms with E-state index in [1.807, 2.05) is 0 Å². The molecule has 66 valence electrons. The third kappa shape index (κ3) is 1.90. The Morgan fingerprint density at radius 3 is 2.92 bits per heavy atom. The maximum absolute atomic E-state index is 12.2. The highest BCUT2D eigenvalue weighted by atomic mass is 19.1. The number of aromatic amines is 1. The highest BCUT2D eigenvalue weighted by Gasteiger charge is 2.07. The number of H-pyrrole nitrogens is 1. The van der Waals surface area contributed by atoms with Crippen molar-refractivity contribution in [2.75, 3.05) is 6.67 Å². The average molecular weight is 170 g/mol. The minimum absolute atomic E-state index is 0.224. The van der Waals surface area contributed by atoms with Crippen LogP contribution in [0, 0.1) is 6.92 Å². The Labute approximate surface area is 69.7 Å². The molecule has 1 N–H and O–H groups in total. The molecular formula is C8H11FN2O. The zero-order valence-corrected chi connectivity index (χ0v) is 7.10. The lowest BCUT2D eigenvalue weighted by atomic mass is 10.2. The van der Waals surface area contributed by atoms with Crippen molar-refractivity contribution in [1.82, 2.24) is 9.97 Å². The molecule has 0 saturated carbocycles. The van der Waals surface area contributed by atoms with Crippen molar-refractivity contribution in [2.24, 2.45) is 0 Å². The van der Waals surface area contributed by atoms with E-state index in [4.69, 9.17) is 0 Å². The molecule has 1 unspecified atom stereocenters. The molecule has 0 radical (unpaired) electrons. The van der Waals surface area contributed by atoms with E-state index < -0.39 is 6.67 Å². The minimum atomic E-state index is -0.508. The summed E-state index contributed by atoms with van der Waals surface area (Å²) in [5, 5.41) is 0. The Morgan fingerprint density at radius 1 is 1.75 bits per heavy atom. The van der Waals surface area contributed by atoms with Gasteiger partial charge in [-0.2, -0.15) is 0 Å². The summed E-state index contributed by atoms with van der Waals surface area (Å²) in [4.78, 5) is 17.4. The van der Waals surface area contributed by atoms with Crippen molar-refractivity contribution < 1.29 is 4.39 Å². The van der Waals surface area contributed by atoms with Crippen molar-refractivity contribution in [3.63, 3.8) is 0 Å². The Morgan fingerprint density at radius 2 is 2.42 bits per heavy atom.